The van der Waals surface area contributed by atoms with Crippen molar-refractivity contribution in [3.8, 4) is 0 Å². The lowest BCUT2D eigenvalue weighted by atomic mass is 10.6. The standard InChI is InChI=1S/C12H12Br2S7/c1-15-9-5(13)7(11(17-3)20-9)19-8-6(14)10(16-2)21-12(8)18-4/h1-4H3. The van der Waals surface area contributed by atoms with E-state index in [0.717, 1.165) is 0 Å². The van der Waals surface area contributed by atoms with Crippen molar-refractivity contribution in [3.05, 3.63) is 8.95 Å². The molecule has 0 nitrogen and oxygen atoms in total. The highest BCUT2D eigenvalue weighted by molar-refractivity contribution is 9.11. The smallest absolute Gasteiger partial charge is 0.0762 e. The molecule has 0 aliphatic rings. The van der Waals surface area contributed by atoms with Gasteiger partial charge in [-0.05, 0) is 56.9 Å². The maximum absolute atomic E-state index is 3.79. The minimum atomic E-state index is 1.24. The Morgan fingerprint density at radius 1 is 0.619 bits per heavy atom. The van der Waals surface area contributed by atoms with Crippen LogP contribution in [0.4, 0.5) is 0 Å². The lowest BCUT2D eigenvalue weighted by molar-refractivity contribution is 1.27. The molecule has 2 aromatic heterocycles. The zero-order valence-corrected chi connectivity index (χ0v) is 20.5. The van der Waals surface area contributed by atoms with E-state index in [1.165, 1.54) is 35.6 Å². The van der Waals surface area contributed by atoms with Crippen LogP contribution in [0, 0.1) is 0 Å². The molecule has 0 atom stereocenters. The number of thioether (sulfide) groups is 4. The zero-order chi connectivity index (χ0) is 15.6. The van der Waals surface area contributed by atoms with E-state index in [9.17, 15) is 0 Å². The molecule has 9 heteroatoms. The molecule has 0 saturated heterocycles. The Morgan fingerprint density at radius 2 is 0.952 bits per heavy atom. The molecule has 0 saturated carbocycles. The molecule has 0 aliphatic carbocycles. The first kappa shape index (κ1) is 19.4. The van der Waals surface area contributed by atoms with Gasteiger partial charge in [0.15, 0.2) is 0 Å². The maximum Gasteiger partial charge on any atom is 0.0762 e. The fourth-order valence-electron chi connectivity index (χ4n) is 1.52. The van der Waals surface area contributed by atoms with Crippen LogP contribution in [-0.4, -0.2) is 25.0 Å². The Bertz CT molecular complexity index is 578. The lowest BCUT2D eigenvalue weighted by Gasteiger charge is -2.04. The average molecular weight is 541 g/mol. The van der Waals surface area contributed by atoms with Gasteiger partial charge in [0, 0.05) is 0 Å². The Balaban J connectivity index is 2.47. The summed E-state index contributed by atoms with van der Waals surface area (Å²) in [6.07, 6.45) is 8.57. The fraction of sp³-hybridized carbons (Fsp3) is 0.333. The van der Waals surface area contributed by atoms with Gasteiger partial charge >= 0.3 is 0 Å². The van der Waals surface area contributed by atoms with Crippen LogP contribution in [0.25, 0.3) is 0 Å². The Kier molecular flexibility index (Phi) is 8.32. The molecule has 0 unspecified atom stereocenters. The highest BCUT2D eigenvalue weighted by Gasteiger charge is 2.22. The number of rotatable bonds is 6. The van der Waals surface area contributed by atoms with Crippen LogP contribution in [-0.2, 0) is 0 Å². The summed E-state index contributed by atoms with van der Waals surface area (Å²) in [6, 6.07) is 0. The molecule has 0 amide bonds. The maximum atomic E-state index is 3.79. The molecule has 2 heterocycles. The van der Waals surface area contributed by atoms with Crippen molar-refractivity contribution < 1.29 is 0 Å². The van der Waals surface area contributed by atoms with E-state index >= 15 is 0 Å². The third-order valence-corrected chi connectivity index (χ3v) is 14.2. The minimum absolute atomic E-state index is 1.24. The number of hydrogen-bond acceptors (Lipinski definition) is 7. The summed E-state index contributed by atoms with van der Waals surface area (Å²) in [5.74, 6) is 0. The van der Waals surface area contributed by atoms with Gasteiger partial charge in [-0.1, -0.05) is 11.8 Å². The monoisotopic (exact) mass is 538 g/mol. The summed E-state index contributed by atoms with van der Waals surface area (Å²) in [5.41, 5.74) is 0. The molecule has 116 valence electrons. The average Bonchev–Trinajstić information content (AvgIpc) is 2.98. The summed E-state index contributed by atoms with van der Waals surface area (Å²) in [5, 5.41) is 0. The normalized spacial score (nSPS) is 11.3. The Hall–Kier alpha value is 2.11. The van der Waals surface area contributed by atoms with Crippen molar-refractivity contribution in [1.29, 1.82) is 0 Å². The highest BCUT2D eigenvalue weighted by atomic mass is 79.9. The van der Waals surface area contributed by atoms with Gasteiger partial charge in [0.2, 0.25) is 0 Å². The van der Waals surface area contributed by atoms with Gasteiger partial charge in [-0.15, -0.1) is 69.7 Å². The first-order valence-electron chi connectivity index (χ1n) is 5.55. The predicted octanol–water partition coefficient (Wildman–Crippen LogP) is 8.37. The van der Waals surface area contributed by atoms with E-state index in [1.54, 1.807) is 23.5 Å². The van der Waals surface area contributed by atoms with Crippen molar-refractivity contribution >= 4 is 113 Å². The molecule has 0 radical (unpaired) electrons. The molecule has 0 fully saturated rings. The second kappa shape index (κ2) is 8.99. The van der Waals surface area contributed by atoms with E-state index < -0.39 is 0 Å². The molecule has 0 aromatic carbocycles. The first-order valence-corrected chi connectivity index (χ1v) is 14.5. The summed E-state index contributed by atoms with van der Waals surface area (Å²) < 4.78 is 7.95. The van der Waals surface area contributed by atoms with E-state index in [1.807, 2.05) is 58.0 Å². The highest BCUT2D eigenvalue weighted by Crippen LogP contribution is 2.55. The van der Waals surface area contributed by atoms with Gasteiger partial charge in [0.25, 0.3) is 0 Å². The molecule has 0 N–H and O–H groups in total. The lowest BCUT2D eigenvalue weighted by Crippen LogP contribution is -1.75. The van der Waals surface area contributed by atoms with Gasteiger partial charge in [0.05, 0.1) is 35.6 Å². The SMILES string of the molecule is CSc1sc(SC)c(Sc2c(SC)sc(SC)c2Br)c1Br. The van der Waals surface area contributed by atoms with Gasteiger partial charge in [-0.25, -0.2) is 0 Å². The molecule has 0 bridgehead atoms. The van der Waals surface area contributed by atoms with Crippen molar-refractivity contribution in [2.75, 3.05) is 25.0 Å². The summed E-state index contributed by atoms with van der Waals surface area (Å²) >= 11 is 20.5. The second-order valence-corrected chi connectivity index (χ2v) is 12.5. The van der Waals surface area contributed by atoms with Crippen LogP contribution >= 0.6 is 113 Å². The molecule has 2 rings (SSSR count). The van der Waals surface area contributed by atoms with Crippen LogP contribution in [0.5, 0.6) is 0 Å². The molecular formula is C12H12Br2S7. The Labute approximate surface area is 172 Å². The second-order valence-electron chi connectivity index (χ2n) is 3.56. The van der Waals surface area contributed by atoms with E-state index in [4.69, 9.17) is 0 Å². The topological polar surface area (TPSA) is 0 Å². The number of halogens is 2. The van der Waals surface area contributed by atoms with Crippen molar-refractivity contribution in [2.45, 2.75) is 26.6 Å². The van der Waals surface area contributed by atoms with Crippen LogP contribution in [0.3, 0.4) is 0 Å². The number of hydrogen-bond donors (Lipinski definition) is 0. The Morgan fingerprint density at radius 3 is 1.24 bits per heavy atom. The van der Waals surface area contributed by atoms with Crippen LogP contribution in [0.15, 0.2) is 35.6 Å². The molecular weight excluding hydrogens is 528 g/mol. The van der Waals surface area contributed by atoms with Gasteiger partial charge < -0.3 is 0 Å². The first-order chi connectivity index (χ1) is 10.1. The number of thiophene rings is 2. The van der Waals surface area contributed by atoms with Gasteiger partial charge in [-0.2, -0.15) is 0 Å². The summed E-state index contributed by atoms with van der Waals surface area (Å²) in [6.45, 7) is 0. The quantitative estimate of drug-likeness (QED) is 0.337. The minimum Gasteiger partial charge on any atom is -0.120 e. The van der Waals surface area contributed by atoms with Crippen molar-refractivity contribution in [1.82, 2.24) is 0 Å². The van der Waals surface area contributed by atoms with Gasteiger partial charge in [0.1, 0.15) is 0 Å². The van der Waals surface area contributed by atoms with Crippen LogP contribution in [0.1, 0.15) is 0 Å². The van der Waals surface area contributed by atoms with Gasteiger partial charge in [-0.3, -0.25) is 0 Å². The fourth-order valence-corrected chi connectivity index (χ4v) is 11.5. The largest absolute Gasteiger partial charge is 0.120 e. The van der Waals surface area contributed by atoms with Crippen LogP contribution in [0.2, 0.25) is 0 Å². The zero-order valence-electron chi connectivity index (χ0n) is 11.6. The predicted molar refractivity (Wildman–Crippen MR) is 115 cm³/mol. The van der Waals surface area contributed by atoms with Crippen molar-refractivity contribution in [2.24, 2.45) is 0 Å². The molecule has 0 aliphatic heterocycles. The third kappa shape index (κ3) is 4.21. The molecule has 2 aromatic rings. The van der Waals surface area contributed by atoms with Crippen LogP contribution < -0.4 is 0 Å². The molecule has 21 heavy (non-hydrogen) atoms. The van der Waals surface area contributed by atoms with E-state index in [2.05, 4.69) is 56.9 Å². The summed E-state index contributed by atoms with van der Waals surface area (Å²) in [7, 11) is 0. The van der Waals surface area contributed by atoms with Crippen molar-refractivity contribution in [3.63, 3.8) is 0 Å². The third-order valence-electron chi connectivity index (χ3n) is 2.44. The van der Waals surface area contributed by atoms with E-state index in [0.29, 0.717) is 0 Å². The molecule has 0 spiro atoms. The van der Waals surface area contributed by atoms with E-state index in [-0.39, 0.29) is 0 Å². The summed E-state index contributed by atoms with van der Waals surface area (Å²) in [4.78, 5) is 2.69.